The van der Waals surface area contributed by atoms with Crippen LogP contribution in [0, 0.1) is 19.7 Å². The van der Waals surface area contributed by atoms with Gasteiger partial charge in [-0.1, -0.05) is 0 Å². The molecule has 140 valence electrons. The molecule has 0 bridgehead atoms. The van der Waals surface area contributed by atoms with Crippen LogP contribution in [0.3, 0.4) is 0 Å². The number of nitrogens with zero attached hydrogens (tertiary/aromatic N) is 3. The third-order valence-electron chi connectivity index (χ3n) is 4.81. The van der Waals surface area contributed by atoms with E-state index in [2.05, 4.69) is 20.6 Å². The molecule has 0 unspecified atom stereocenters. The third kappa shape index (κ3) is 4.47. The molecule has 1 aliphatic rings. The number of carbonyl (C=O) groups is 1. The zero-order valence-corrected chi connectivity index (χ0v) is 15.4. The van der Waals surface area contributed by atoms with Crippen LogP contribution in [0.2, 0.25) is 0 Å². The van der Waals surface area contributed by atoms with Gasteiger partial charge in [0.05, 0.1) is 17.8 Å². The maximum atomic E-state index is 13.1. The van der Waals surface area contributed by atoms with Crippen molar-refractivity contribution in [3.05, 3.63) is 47.0 Å². The molecule has 1 aromatic carbocycles. The van der Waals surface area contributed by atoms with Gasteiger partial charge in [0.1, 0.15) is 5.82 Å². The fraction of sp³-hybridized carbons (Fsp3) is 0.474. The van der Waals surface area contributed by atoms with Crippen LogP contribution in [0.1, 0.15) is 17.0 Å². The average Bonchev–Trinajstić information content (AvgIpc) is 2.91. The summed E-state index contributed by atoms with van der Waals surface area (Å²) in [5.41, 5.74) is 3.45. The number of carbonyl (C=O) groups excluding carboxylic acids is 1. The number of nitrogens with one attached hydrogen (secondary N) is 2. The number of hydrogen-bond acceptors (Lipinski definition) is 4. The first-order valence-electron chi connectivity index (χ1n) is 9.05. The van der Waals surface area contributed by atoms with E-state index in [1.54, 1.807) is 16.8 Å². The lowest BCUT2D eigenvalue weighted by Crippen LogP contribution is -2.46. The topological polar surface area (TPSA) is 62.2 Å². The van der Waals surface area contributed by atoms with E-state index in [1.807, 2.05) is 13.8 Å². The quantitative estimate of drug-likeness (QED) is 0.813. The Balaban J connectivity index is 1.58. The van der Waals surface area contributed by atoms with Crippen molar-refractivity contribution in [2.75, 3.05) is 39.3 Å². The molecule has 2 aromatic rings. The highest BCUT2D eigenvalue weighted by atomic mass is 19.1. The summed E-state index contributed by atoms with van der Waals surface area (Å²) in [6.07, 6.45) is 0.306. The number of rotatable bonds is 6. The molecule has 3 rings (SSSR count). The Labute approximate surface area is 153 Å². The first-order valence-corrected chi connectivity index (χ1v) is 9.05. The molecule has 1 saturated heterocycles. The highest BCUT2D eigenvalue weighted by Crippen LogP contribution is 2.18. The van der Waals surface area contributed by atoms with Gasteiger partial charge in [-0.2, -0.15) is 5.10 Å². The predicted octanol–water partition coefficient (Wildman–Crippen LogP) is 1.19. The monoisotopic (exact) mass is 359 g/mol. The molecule has 2 heterocycles. The molecule has 26 heavy (non-hydrogen) atoms. The van der Waals surface area contributed by atoms with Crippen molar-refractivity contribution < 1.29 is 9.18 Å². The van der Waals surface area contributed by atoms with Gasteiger partial charge < -0.3 is 10.6 Å². The third-order valence-corrected chi connectivity index (χ3v) is 4.81. The molecule has 0 radical (unpaired) electrons. The zero-order valence-electron chi connectivity index (χ0n) is 15.4. The number of aromatic nitrogens is 2. The molecule has 7 heteroatoms. The van der Waals surface area contributed by atoms with Gasteiger partial charge in [0.15, 0.2) is 0 Å². The van der Waals surface area contributed by atoms with Crippen LogP contribution < -0.4 is 10.6 Å². The number of piperazine rings is 1. The van der Waals surface area contributed by atoms with Crippen LogP contribution >= 0.6 is 0 Å². The average molecular weight is 359 g/mol. The van der Waals surface area contributed by atoms with Crippen LogP contribution in [0.25, 0.3) is 5.69 Å². The molecule has 2 N–H and O–H groups in total. The minimum absolute atomic E-state index is 0.00462. The largest absolute Gasteiger partial charge is 0.355 e. The van der Waals surface area contributed by atoms with Crippen molar-refractivity contribution in [2.45, 2.75) is 20.3 Å². The van der Waals surface area contributed by atoms with Crippen molar-refractivity contribution >= 4 is 5.91 Å². The molecular weight excluding hydrogens is 333 g/mol. The molecule has 0 saturated carbocycles. The Morgan fingerprint density at radius 3 is 2.62 bits per heavy atom. The normalized spacial score (nSPS) is 15.2. The van der Waals surface area contributed by atoms with E-state index in [-0.39, 0.29) is 11.7 Å². The minimum atomic E-state index is -0.278. The fourth-order valence-electron chi connectivity index (χ4n) is 3.28. The summed E-state index contributed by atoms with van der Waals surface area (Å²) in [4.78, 5) is 14.7. The number of amides is 1. The van der Waals surface area contributed by atoms with Crippen LogP contribution in [0.15, 0.2) is 24.3 Å². The molecule has 1 aromatic heterocycles. The molecule has 1 amide bonds. The lowest BCUT2D eigenvalue weighted by Gasteiger charge is -2.27. The molecule has 1 fully saturated rings. The number of hydrogen-bond donors (Lipinski definition) is 2. The molecule has 6 nitrogen and oxygen atoms in total. The second-order valence-corrected chi connectivity index (χ2v) is 6.66. The molecule has 0 aliphatic carbocycles. The highest BCUT2D eigenvalue weighted by Gasteiger charge is 2.16. The van der Waals surface area contributed by atoms with Gasteiger partial charge >= 0.3 is 0 Å². The SMILES string of the molecule is Cc1nn(-c2ccc(F)cc2)c(C)c1CC(=O)NCCN1CCNCC1. The Bertz CT molecular complexity index is 750. The Hall–Kier alpha value is -2.25. The van der Waals surface area contributed by atoms with Crippen LogP contribution in [0.4, 0.5) is 4.39 Å². The molecule has 0 spiro atoms. The van der Waals surface area contributed by atoms with E-state index in [0.717, 1.165) is 55.4 Å². The molecular formula is C19H26FN5O. The second-order valence-electron chi connectivity index (χ2n) is 6.66. The van der Waals surface area contributed by atoms with Gasteiger partial charge in [-0.25, -0.2) is 9.07 Å². The molecule has 1 aliphatic heterocycles. The maximum Gasteiger partial charge on any atom is 0.224 e. The van der Waals surface area contributed by atoms with E-state index in [4.69, 9.17) is 0 Å². The van der Waals surface area contributed by atoms with Gasteiger partial charge in [0, 0.05) is 50.5 Å². The molecule has 0 atom stereocenters. The number of aryl methyl sites for hydroxylation is 1. The Kier molecular flexibility index (Phi) is 6.00. The van der Waals surface area contributed by atoms with Crippen LogP contribution in [0.5, 0.6) is 0 Å². The summed E-state index contributed by atoms with van der Waals surface area (Å²) >= 11 is 0. The van der Waals surface area contributed by atoms with E-state index >= 15 is 0 Å². The Morgan fingerprint density at radius 1 is 1.23 bits per heavy atom. The van der Waals surface area contributed by atoms with Crippen molar-refractivity contribution in [1.82, 2.24) is 25.3 Å². The first kappa shape index (κ1) is 18.5. The number of halogens is 1. The van der Waals surface area contributed by atoms with Crippen molar-refractivity contribution in [3.8, 4) is 5.69 Å². The Morgan fingerprint density at radius 2 is 1.92 bits per heavy atom. The zero-order chi connectivity index (χ0) is 18.5. The van der Waals surface area contributed by atoms with Gasteiger partial charge in [-0.15, -0.1) is 0 Å². The van der Waals surface area contributed by atoms with E-state index in [0.29, 0.717) is 13.0 Å². The summed E-state index contributed by atoms with van der Waals surface area (Å²) in [6, 6.07) is 6.20. The summed E-state index contributed by atoms with van der Waals surface area (Å²) in [5.74, 6) is -0.274. The van der Waals surface area contributed by atoms with E-state index in [9.17, 15) is 9.18 Å². The fourth-order valence-corrected chi connectivity index (χ4v) is 3.28. The van der Waals surface area contributed by atoms with Gasteiger partial charge in [0.2, 0.25) is 5.91 Å². The first-order chi connectivity index (χ1) is 12.5. The van der Waals surface area contributed by atoms with Crippen LogP contribution in [-0.4, -0.2) is 59.9 Å². The lowest BCUT2D eigenvalue weighted by atomic mass is 10.1. The summed E-state index contributed by atoms with van der Waals surface area (Å²) in [6.45, 7) is 9.44. The van der Waals surface area contributed by atoms with Crippen molar-refractivity contribution in [2.24, 2.45) is 0 Å². The maximum absolute atomic E-state index is 13.1. The second kappa shape index (κ2) is 8.42. The van der Waals surface area contributed by atoms with Gasteiger partial charge in [-0.05, 0) is 38.1 Å². The van der Waals surface area contributed by atoms with Crippen LogP contribution in [-0.2, 0) is 11.2 Å². The van der Waals surface area contributed by atoms with E-state index < -0.39 is 0 Å². The van der Waals surface area contributed by atoms with Crippen molar-refractivity contribution in [3.63, 3.8) is 0 Å². The minimum Gasteiger partial charge on any atom is -0.355 e. The summed E-state index contributed by atoms with van der Waals surface area (Å²) < 4.78 is 14.9. The lowest BCUT2D eigenvalue weighted by molar-refractivity contribution is -0.120. The van der Waals surface area contributed by atoms with Gasteiger partial charge in [0.25, 0.3) is 0 Å². The highest BCUT2D eigenvalue weighted by molar-refractivity contribution is 5.79. The predicted molar refractivity (Wildman–Crippen MR) is 99.0 cm³/mol. The van der Waals surface area contributed by atoms with Gasteiger partial charge in [-0.3, -0.25) is 9.69 Å². The number of benzene rings is 1. The smallest absolute Gasteiger partial charge is 0.224 e. The van der Waals surface area contributed by atoms with Crippen molar-refractivity contribution in [1.29, 1.82) is 0 Å². The van der Waals surface area contributed by atoms with E-state index in [1.165, 1.54) is 12.1 Å². The standard InChI is InChI=1S/C19H26FN5O/c1-14-18(13-19(26)22-9-12-24-10-7-21-8-11-24)15(2)25(23-14)17-5-3-16(20)4-6-17/h3-6,21H,7-13H2,1-2H3,(H,22,26). The summed E-state index contributed by atoms with van der Waals surface area (Å²) in [7, 11) is 0. The summed E-state index contributed by atoms with van der Waals surface area (Å²) in [5, 5.41) is 10.8.